The third kappa shape index (κ3) is 3.24. The van der Waals surface area contributed by atoms with Crippen molar-refractivity contribution in [3.8, 4) is 5.88 Å². The minimum Gasteiger partial charge on any atom is -0.477 e. The average Bonchev–Trinajstić information content (AvgIpc) is 2.44. The monoisotopic (exact) mass is 275 g/mol. The Bertz CT molecular complexity index is 612. The largest absolute Gasteiger partial charge is 0.477 e. The second-order valence-electron chi connectivity index (χ2n) is 4.43. The number of rotatable bonds is 6. The van der Waals surface area contributed by atoms with E-state index in [2.05, 4.69) is 4.98 Å². The molecule has 1 atom stereocenters. The molecule has 1 aromatic carbocycles. The van der Waals surface area contributed by atoms with E-state index in [-0.39, 0.29) is 17.5 Å². The lowest BCUT2D eigenvalue weighted by Gasteiger charge is -2.15. The number of pyridine rings is 1. The van der Waals surface area contributed by atoms with Gasteiger partial charge in [-0.05, 0) is 26.0 Å². The molecule has 106 valence electrons. The Balaban J connectivity index is 2.34. The molecular weight excluding hydrogens is 258 g/mol. The molecule has 0 spiro atoms. The molecule has 5 nitrogen and oxygen atoms in total. The summed E-state index contributed by atoms with van der Waals surface area (Å²) in [7, 11) is 0. The number of ether oxygens (including phenoxy) is 2. The number of carbonyl (C=O) groups is 1. The Labute approximate surface area is 117 Å². The molecule has 0 saturated carbocycles. The van der Waals surface area contributed by atoms with Gasteiger partial charge >= 0.3 is 5.97 Å². The number of carboxylic acid groups (broad SMARTS) is 1. The first-order valence-electron chi connectivity index (χ1n) is 6.49. The highest BCUT2D eigenvalue weighted by Gasteiger charge is 2.17. The van der Waals surface area contributed by atoms with Crippen LogP contribution in [0.5, 0.6) is 5.88 Å². The Morgan fingerprint density at radius 1 is 1.40 bits per heavy atom. The van der Waals surface area contributed by atoms with Crippen molar-refractivity contribution < 1.29 is 19.4 Å². The van der Waals surface area contributed by atoms with Crippen molar-refractivity contribution >= 4 is 16.9 Å². The van der Waals surface area contributed by atoms with Crippen molar-refractivity contribution in [3.05, 3.63) is 35.9 Å². The molecule has 0 fully saturated rings. The number of para-hydroxylation sites is 1. The second-order valence-corrected chi connectivity index (χ2v) is 4.43. The van der Waals surface area contributed by atoms with Crippen LogP contribution < -0.4 is 4.74 Å². The maximum atomic E-state index is 11.3. The summed E-state index contributed by atoms with van der Waals surface area (Å²) in [6.07, 6.45) is -0.262. The van der Waals surface area contributed by atoms with Crippen LogP contribution in [0.2, 0.25) is 0 Å². The van der Waals surface area contributed by atoms with Crippen molar-refractivity contribution in [2.45, 2.75) is 20.0 Å². The van der Waals surface area contributed by atoms with E-state index in [1.807, 2.05) is 38.1 Å². The first-order chi connectivity index (χ1) is 9.61. The molecule has 1 unspecified atom stereocenters. The van der Waals surface area contributed by atoms with Crippen LogP contribution in [-0.2, 0) is 4.74 Å². The lowest BCUT2D eigenvalue weighted by molar-refractivity contribution is 0.0589. The van der Waals surface area contributed by atoms with Crippen molar-refractivity contribution in [2.24, 2.45) is 0 Å². The number of aromatic nitrogens is 1. The van der Waals surface area contributed by atoms with E-state index >= 15 is 0 Å². The standard InChI is InChI=1S/C15H17NO4/c1-3-19-9-10(2)20-14-12(15(17)18)8-11-6-4-5-7-13(11)16-14/h4-8,10H,3,9H2,1-2H3,(H,17,18). The fourth-order valence-corrected chi connectivity index (χ4v) is 1.85. The van der Waals surface area contributed by atoms with Gasteiger partial charge in [0.1, 0.15) is 11.7 Å². The van der Waals surface area contributed by atoms with Crippen LogP contribution in [0.15, 0.2) is 30.3 Å². The molecule has 5 heteroatoms. The zero-order chi connectivity index (χ0) is 14.5. The molecule has 1 heterocycles. The molecule has 0 aliphatic heterocycles. The number of fused-ring (bicyclic) bond motifs is 1. The van der Waals surface area contributed by atoms with Gasteiger partial charge in [-0.25, -0.2) is 9.78 Å². The minimum absolute atomic E-state index is 0.0621. The molecule has 1 aromatic heterocycles. The van der Waals surface area contributed by atoms with Crippen molar-refractivity contribution in [2.75, 3.05) is 13.2 Å². The fourth-order valence-electron chi connectivity index (χ4n) is 1.85. The Kier molecular flexibility index (Phi) is 4.53. The molecule has 2 aromatic rings. The van der Waals surface area contributed by atoms with Crippen LogP contribution in [0.1, 0.15) is 24.2 Å². The molecule has 0 aliphatic carbocycles. The topological polar surface area (TPSA) is 68.7 Å². The van der Waals surface area contributed by atoms with E-state index in [1.165, 1.54) is 0 Å². The predicted molar refractivity (Wildman–Crippen MR) is 75.3 cm³/mol. The number of hydrogen-bond acceptors (Lipinski definition) is 4. The van der Waals surface area contributed by atoms with Gasteiger partial charge in [0.2, 0.25) is 5.88 Å². The van der Waals surface area contributed by atoms with E-state index in [0.29, 0.717) is 18.7 Å². The lowest BCUT2D eigenvalue weighted by Crippen LogP contribution is -2.21. The molecule has 0 amide bonds. The first kappa shape index (κ1) is 14.3. The van der Waals surface area contributed by atoms with Gasteiger partial charge in [0, 0.05) is 12.0 Å². The smallest absolute Gasteiger partial charge is 0.341 e. The van der Waals surface area contributed by atoms with Crippen molar-refractivity contribution in [1.29, 1.82) is 0 Å². The summed E-state index contributed by atoms with van der Waals surface area (Å²) in [5.41, 5.74) is 0.767. The fraction of sp³-hybridized carbons (Fsp3) is 0.333. The number of hydrogen-bond donors (Lipinski definition) is 1. The molecule has 0 saturated heterocycles. The van der Waals surface area contributed by atoms with Crippen molar-refractivity contribution in [3.63, 3.8) is 0 Å². The Morgan fingerprint density at radius 2 is 2.15 bits per heavy atom. The van der Waals surface area contributed by atoms with Gasteiger partial charge in [0.25, 0.3) is 0 Å². The molecule has 20 heavy (non-hydrogen) atoms. The summed E-state index contributed by atoms with van der Waals surface area (Å²) >= 11 is 0. The maximum absolute atomic E-state index is 11.3. The SMILES string of the molecule is CCOCC(C)Oc1nc2ccccc2cc1C(=O)O. The number of benzene rings is 1. The highest BCUT2D eigenvalue weighted by molar-refractivity contribution is 5.95. The minimum atomic E-state index is -1.05. The van der Waals surface area contributed by atoms with Crippen LogP contribution in [0, 0.1) is 0 Å². The van der Waals surface area contributed by atoms with Gasteiger partial charge in [-0.1, -0.05) is 18.2 Å². The molecule has 1 N–H and O–H groups in total. The molecular formula is C15H17NO4. The zero-order valence-electron chi connectivity index (χ0n) is 11.5. The average molecular weight is 275 g/mol. The van der Waals surface area contributed by atoms with E-state index in [1.54, 1.807) is 6.07 Å². The van der Waals surface area contributed by atoms with Gasteiger partial charge in [0.05, 0.1) is 12.1 Å². The van der Waals surface area contributed by atoms with Gasteiger partial charge in [-0.15, -0.1) is 0 Å². The highest BCUT2D eigenvalue weighted by atomic mass is 16.5. The van der Waals surface area contributed by atoms with Crippen LogP contribution >= 0.6 is 0 Å². The number of carboxylic acids is 1. The maximum Gasteiger partial charge on any atom is 0.341 e. The molecule has 0 radical (unpaired) electrons. The van der Waals surface area contributed by atoms with E-state index in [9.17, 15) is 9.90 Å². The van der Waals surface area contributed by atoms with Gasteiger partial charge in [-0.3, -0.25) is 0 Å². The summed E-state index contributed by atoms with van der Waals surface area (Å²) in [5.74, 6) is -0.926. The molecule has 0 bridgehead atoms. The van der Waals surface area contributed by atoms with E-state index < -0.39 is 5.97 Å². The predicted octanol–water partition coefficient (Wildman–Crippen LogP) is 2.74. The van der Waals surface area contributed by atoms with E-state index in [0.717, 1.165) is 5.39 Å². The Hall–Kier alpha value is -2.14. The zero-order valence-corrected chi connectivity index (χ0v) is 11.5. The lowest BCUT2D eigenvalue weighted by atomic mass is 10.1. The highest BCUT2D eigenvalue weighted by Crippen LogP contribution is 2.23. The third-order valence-electron chi connectivity index (χ3n) is 2.79. The summed E-state index contributed by atoms with van der Waals surface area (Å²) in [6.45, 7) is 4.69. The summed E-state index contributed by atoms with van der Waals surface area (Å²) in [4.78, 5) is 15.6. The first-order valence-corrected chi connectivity index (χ1v) is 6.49. The summed E-state index contributed by atoms with van der Waals surface area (Å²) in [5, 5.41) is 10.0. The van der Waals surface area contributed by atoms with Crippen LogP contribution in [-0.4, -0.2) is 35.4 Å². The van der Waals surface area contributed by atoms with Crippen LogP contribution in [0.3, 0.4) is 0 Å². The van der Waals surface area contributed by atoms with Gasteiger partial charge < -0.3 is 14.6 Å². The number of nitrogens with zero attached hydrogens (tertiary/aromatic N) is 1. The molecule has 2 rings (SSSR count). The number of aromatic carboxylic acids is 1. The van der Waals surface area contributed by atoms with Crippen LogP contribution in [0.4, 0.5) is 0 Å². The van der Waals surface area contributed by atoms with Crippen molar-refractivity contribution in [1.82, 2.24) is 4.98 Å². The van der Waals surface area contributed by atoms with Gasteiger partial charge in [0.15, 0.2) is 0 Å². The summed E-state index contributed by atoms with van der Waals surface area (Å²) < 4.78 is 10.9. The molecule has 0 aliphatic rings. The Morgan fingerprint density at radius 3 is 2.85 bits per heavy atom. The third-order valence-corrected chi connectivity index (χ3v) is 2.79. The normalized spacial score (nSPS) is 12.3. The van der Waals surface area contributed by atoms with E-state index in [4.69, 9.17) is 9.47 Å². The van der Waals surface area contributed by atoms with Crippen LogP contribution in [0.25, 0.3) is 10.9 Å². The van der Waals surface area contributed by atoms with Gasteiger partial charge in [-0.2, -0.15) is 0 Å². The summed E-state index contributed by atoms with van der Waals surface area (Å²) in [6, 6.07) is 8.91. The second kappa shape index (κ2) is 6.34. The quantitative estimate of drug-likeness (QED) is 0.877.